The lowest BCUT2D eigenvalue weighted by Crippen LogP contribution is -2.43. The predicted molar refractivity (Wildman–Crippen MR) is 115 cm³/mol. The average molecular weight is 495 g/mol. The molecule has 3 heterocycles. The minimum absolute atomic E-state index is 0.196. The van der Waals surface area contributed by atoms with Crippen molar-refractivity contribution in [1.82, 2.24) is 24.8 Å². The van der Waals surface area contributed by atoms with Crippen molar-refractivity contribution in [2.24, 2.45) is 0 Å². The van der Waals surface area contributed by atoms with Gasteiger partial charge in [0.25, 0.3) is 0 Å². The van der Waals surface area contributed by atoms with Crippen molar-refractivity contribution in [3.63, 3.8) is 0 Å². The third kappa shape index (κ3) is 3.83. The van der Waals surface area contributed by atoms with E-state index >= 15 is 0 Å². The van der Waals surface area contributed by atoms with Crippen LogP contribution >= 0.6 is 0 Å². The third-order valence-corrected chi connectivity index (χ3v) is 6.91. The fraction of sp³-hybridized carbons (Fsp3) is 0.381. The highest BCUT2D eigenvalue weighted by Gasteiger charge is 2.49. The first-order chi connectivity index (χ1) is 16.1. The molecule has 2 amide bonds. The van der Waals surface area contributed by atoms with Gasteiger partial charge in [0.15, 0.2) is 0 Å². The number of hydrogen-bond acceptors (Lipinski definition) is 6. The highest BCUT2D eigenvalue weighted by Crippen LogP contribution is 2.43. The van der Waals surface area contributed by atoms with Crippen LogP contribution in [0.3, 0.4) is 0 Å². The van der Waals surface area contributed by atoms with E-state index in [0.717, 1.165) is 30.4 Å². The summed E-state index contributed by atoms with van der Waals surface area (Å²) in [6.07, 6.45) is 3.36. The minimum atomic E-state index is -5.83. The molecule has 13 heteroatoms. The number of fused-ring (bicyclic) bond motifs is 2. The number of carbonyl (C=O) groups is 1. The number of nitrogens with one attached hydrogen (secondary N) is 1. The first kappa shape index (κ1) is 22.4. The molecule has 1 fully saturated rings. The van der Waals surface area contributed by atoms with Gasteiger partial charge >= 0.3 is 21.7 Å². The monoisotopic (exact) mass is 495 g/mol. The largest absolute Gasteiger partial charge is 0.534 e. The van der Waals surface area contributed by atoms with Crippen LogP contribution in [0.5, 0.6) is 5.88 Å². The zero-order valence-corrected chi connectivity index (χ0v) is 18.8. The molecule has 5 rings (SSSR count). The minimum Gasteiger partial charge on any atom is -0.355 e. The number of nitrogens with zero attached hydrogens (tertiary/aromatic N) is 4. The maximum atomic E-state index is 12.7. The van der Waals surface area contributed by atoms with E-state index in [1.165, 1.54) is 6.20 Å². The van der Waals surface area contributed by atoms with E-state index < -0.39 is 21.5 Å². The van der Waals surface area contributed by atoms with Crippen LogP contribution in [0.4, 0.5) is 18.0 Å². The van der Waals surface area contributed by atoms with Gasteiger partial charge in [0, 0.05) is 49.3 Å². The Bertz CT molecular complexity index is 1400. The Morgan fingerprint density at radius 3 is 2.68 bits per heavy atom. The molecule has 1 aromatic carbocycles. The Morgan fingerprint density at radius 1 is 1.24 bits per heavy atom. The Morgan fingerprint density at radius 2 is 2.00 bits per heavy atom. The van der Waals surface area contributed by atoms with Gasteiger partial charge in [-0.25, -0.2) is 14.8 Å². The molecule has 0 saturated heterocycles. The molecular formula is C21H20F3N5O4S. The number of imidazole rings is 1. The van der Waals surface area contributed by atoms with Crippen molar-refractivity contribution in [3.8, 4) is 17.1 Å². The summed E-state index contributed by atoms with van der Waals surface area (Å²) >= 11 is 0. The Labute approximate surface area is 192 Å². The van der Waals surface area contributed by atoms with E-state index in [9.17, 15) is 26.4 Å². The van der Waals surface area contributed by atoms with Crippen molar-refractivity contribution in [2.45, 2.75) is 37.4 Å². The first-order valence-electron chi connectivity index (χ1n) is 10.5. The fourth-order valence-corrected chi connectivity index (χ4v) is 4.57. The highest BCUT2D eigenvalue weighted by atomic mass is 32.2. The van der Waals surface area contributed by atoms with Crippen LogP contribution in [0, 0.1) is 0 Å². The van der Waals surface area contributed by atoms with Crippen LogP contribution in [0.25, 0.3) is 22.0 Å². The summed E-state index contributed by atoms with van der Waals surface area (Å²) in [5, 5.41) is 3.64. The molecular weight excluding hydrogens is 475 g/mol. The maximum Gasteiger partial charge on any atom is 0.534 e. The van der Waals surface area contributed by atoms with Crippen molar-refractivity contribution in [3.05, 3.63) is 42.0 Å². The molecule has 0 unspecified atom stereocenters. The zero-order chi connectivity index (χ0) is 24.3. The number of urea groups is 1. The van der Waals surface area contributed by atoms with Crippen molar-refractivity contribution in [1.29, 1.82) is 0 Å². The standard InChI is InChI=1S/C21H20F3N5O4S/c1-25-20(30)28-7-8-29-16(11-28)18(27-19(29)12-5-6-12)14-4-2-3-13-9-17(26-10-15(13)14)33-34(31,32)21(22,23)24/h2-4,9-10,12H,5-8,11H2,1H3,(H,25,30). The number of hydrogen-bond donors (Lipinski definition) is 1. The number of benzene rings is 1. The van der Waals surface area contributed by atoms with E-state index in [2.05, 4.69) is 19.1 Å². The van der Waals surface area contributed by atoms with E-state index in [0.29, 0.717) is 47.6 Å². The van der Waals surface area contributed by atoms with Crippen molar-refractivity contribution >= 4 is 26.9 Å². The van der Waals surface area contributed by atoms with Crippen LogP contribution in [0.15, 0.2) is 30.5 Å². The van der Waals surface area contributed by atoms with Crippen LogP contribution < -0.4 is 9.50 Å². The number of pyridine rings is 1. The molecule has 0 spiro atoms. The summed E-state index contributed by atoms with van der Waals surface area (Å²) in [6, 6.07) is 6.08. The molecule has 1 aliphatic heterocycles. The van der Waals surface area contributed by atoms with Crippen LogP contribution in [0.2, 0.25) is 0 Å². The number of rotatable bonds is 4. The summed E-state index contributed by atoms with van der Waals surface area (Å²) in [6.45, 7) is 1.51. The fourth-order valence-electron chi connectivity index (χ4n) is 4.16. The SMILES string of the molecule is CNC(=O)N1CCn2c(C3CC3)nc(-c3cccc4cc(OS(=O)(=O)C(F)(F)F)ncc34)c2C1. The lowest BCUT2D eigenvalue weighted by Gasteiger charge is -2.29. The Hall–Kier alpha value is -3.35. The summed E-state index contributed by atoms with van der Waals surface area (Å²) in [5.41, 5.74) is -3.34. The number of halogens is 3. The second-order valence-corrected chi connectivity index (χ2v) is 9.74. The highest BCUT2D eigenvalue weighted by molar-refractivity contribution is 7.87. The molecule has 2 aromatic heterocycles. The van der Waals surface area contributed by atoms with Crippen molar-refractivity contribution in [2.75, 3.05) is 13.6 Å². The lowest BCUT2D eigenvalue weighted by atomic mass is 10.0. The molecule has 3 aromatic rings. The van der Waals surface area contributed by atoms with E-state index in [1.54, 1.807) is 24.1 Å². The van der Waals surface area contributed by atoms with Crippen LogP contribution in [-0.4, -0.2) is 53.0 Å². The number of amides is 2. The number of carbonyl (C=O) groups excluding carboxylic acids is 1. The van der Waals surface area contributed by atoms with Gasteiger partial charge in [-0.3, -0.25) is 0 Å². The van der Waals surface area contributed by atoms with Gasteiger partial charge in [-0.15, -0.1) is 0 Å². The summed E-state index contributed by atoms with van der Waals surface area (Å²) in [5.74, 6) is 0.640. The quantitative estimate of drug-likeness (QED) is 0.440. The first-order valence-corrected chi connectivity index (χ1v) is 12.0. The van der Waals surface area contributed by atoms with Crippen LogP contribution in [-0.2, 0) is 23.2 Å². The normalized spacial score (nSPS) is 16.4. The maximum absolute atomic E-state index is 12.7. The zero-order valence-electron chi connectivity index (χ0n) is 18.0. The predicted octanol–water partition coefficient (Wildman–Crippen LogP) is 3.36. The lowest BCUT2D eigenvalue weighted by molar-refractivity contribution is -0.0501. The smallest absolute Gasteiger partial charge is 0.355 e. The molecule has 9 nitrogen and oxygen atoms in total. The van der Waals surface area contributed by atoms with Gasteiger partial charge in [0.1, 0.15) is 5.82 Å². The summed E-state index contributed by atoms with van der Waals surface area (Å²) in [7, 11) is -4.26. The van der Waals surface area contributed by atoms with E-state index in [-0.39, 0.29) is 6.03 Å². The second-order valence-electron chi connectivity index (χ2n) is 8.20. The average Bonchev–Trinajstić information content (AvgIpc) is 3.57. The molecule has 0 bridgehead atoms. The summed E-state index contributed by atoms with van der Waals surface area (Å²) in [4.78, 5) is 22.6. The van der Waals surface area contributed by atoms with Gasteiger partial charge in [-0.1, -0.05) is 18.2 Å². The molecule has 34 heavy (non-hydrogen) atoms. The molecule has 2 aliphatic rings. The van der Waals surface area contributed by atoms with Gasteiger partial charge in [-0.2, -0.15) is 21.6 Å². The van der Waals surface area contributed by atoms with Crippen molar-refractivity contribution < 1.29 is 30.6 Å². The molecule has 1 N–H and O–H groups in total. The van der Waals surface area contributed by atoms with Gasteiger partial charge < -0.3 is 19.0 Å². The molecule has 0 atom stereocenters. The second kappa shape index (κ2) is 7.86. The molecule has 1 aliphatic carbocycles. The number of aromatic nitrogens is 3. The topological polar surface area (TPSA) is 106 Å². The van der Waals surface area contributed by atoms with E-state index in [1.807, 2.05) is 6.07 Å². The number of alkyl halides is 3. The Balaban J connectivity index is 1.58. The summed E-state index contributed by atoms with van der Waals surface area (Å²) < 4.78 is 67.1. The Kier molecular flexibility index (Phi) is 5.19. The van der Waals surface area contributed by atoms with Gasteiger partial charge in [-0.05, 0) is 18.2 Å². The van der Waals surface area contributed by atoms with Gasteiger partial charge in [0.2, 0.25) is 5.88 Å². The van der Waals surface area contributed by atoms with Gasteiger partial charge in [0.05, 0.1) is 17.9 Å². The van der Waals surface area contributed by atoms with Crippen LogP contribution in [0.1, 0.15) is 30.3 Å². The molecule has 1 saturated carbocycles. The van der Waals surface area contributed by atoms with E-state index in [4.69, 9.17) is 4.98 Å². The molecule has 180 valence electrons. The third-order valence-electron chi connectivity index (χ3n) is 5.95. The molecule has 0 radical (unpaired) electrons.